The summed E-state index contributed by atoms with van der Waals surface area (Å²) < 4.78 is 34.3. The molecule has 0 unspecified atom stereocenters. The highest BCUT2D eigenvalue weighted by Gasteiger charge is 2.71. The number of aromatic nitrogens is 3. The second-order valence-electron chi connectivity index (χ2n) is 7.43. The summed E-state index contributed by atoms with van der Waals surface area (Å²) in [5, 5.41) is 7.55. The molecule has 2 aliphatic rings. The lowest BCUT2D eigenvalue weighted by Crippen LogP contribution is -2.74. The topological polar surface area (TPSA) is 182 Å². The third-order valence-electron chi connectivity index (χ3n) is 5.23. The van der Waals surface area contributed by atoms with Gasteiger partial charge >= 0.3 is 16.9 Å². The van der Waals surface area contributed by atoms with E-state index in [1.807, 2.05) is 24.4 Å². The average molecular weight is 497 g/mol. The number of benzene rings is 1. The van der Waals surface area contributed by atoms with Gasteiger partial charge in [-0.15, -0.1) is 0 Å². The van der Waals surface area contributed by atoms with Crippen LogP contribution in [0.4, 0.5) is 15.3 Å². The number of nitrogens with zero attached hydrogens (tertiary/aromatic N) is 4. The molecule has 2 aromatic heterocycles. The Morgan fingerprint density at radius 2 is 1.69 bits per heavy atom. The van der Waals surface area contributed by atoms with E-state index in [2.05, 4.69) is 10.1 Å². The normalized spacial score (nSPS) is 18.2. The van der Waals surface area contributed by atoms with E-state index in [-0.39, 0.29) is 11.6 Å². The minimum Gasteiger partial charge on any atom is -0.439 e. The molecule has 35 heavy (non-hydrogen) atoms. The van der Waals surface area contributed by atoms with Crippen molar-refractivity contribution in [1.82, 2.24) is 30.1 Å². The number of carbonyl (C=O) groups is 4. The van der Waals surface area contributed by atoms with Gasteiger partial charge in [0.2, 0.25) is 5.88 Å². The number of rotatable bonds is 5. The quantitative estimate of drug-likeness (QED) is 0.410. The van der Waals surface area contributed by atoms with Crippen molar-refractivity contribution in [3.05, 3.63) is 66.6 Å². The average Bonchev–Trinajstić information content (AvgIpc) is 3.38. The number of sulfonamides is 1. The monoisotopic (exact) mass is 497 g/mol. The molecule has 0 atom stereocenters. The van der Waals surface area contributed by atoms with Crippen molar-refractivity contribution in [2.75, 3.05) is 4.90 Å². The van der Waals surface area contributed by atoms with Crippen LogP contribution in [0.1, 0.15) is 5.56 Å². The fraction of sp³-hybridized carbons (Fsp3) is 0.100. The summed E-state index contributed by atoms with van der Waals surface area (Å²) in [7, 11) is -4.87. The van der Waals surface area contributed by atoms with Crippen LogP contribution in [0.5, 0.6) is 11.6 Å². The molecule has 6 amide bonds. The molecule has 2 saturated heterocycles. The van der Waals surface area contributed by atoms with E-state index in [4.69, 9.17) is 4.74 Å². The summed E-state index contributed by atoms with van der Waals surface area (Å²) in [4.78, 5) is 50.5. The molecule has 2 fully saturated rings. The maximum Gasteiger partial charge on any atom is 0.337 e. The summed E-state index contributed by atoms with van der Waals surface area (Å²) in [6.07, 6.45) is 4.58. The lowest BCUT2D eigenvalue weighted by Gasteiger charge is -2.34. The zero-order chi connectivity index (χ0) is 24.8. The Hall–Kier alpha value is -4.79. The van der Waals surface area contributed by atoms with E-state index < -0.39 is 38.8 Å². The van der Waals surface area contributed by atoms with Gasteiger partial charge in [-0.3, -0.25) is 29.8 Å². The van der Waals surface area contributed by atoms with Crippen LogP contribution in [0.2, 0.25) is 0 Å². The Kier molecular flexibility index (Phi) is 4.98. The van der Waals surface area contributed by atoms with Crippen LogP contribution < -0.4 is 25.0 Å². The highest BCUT2D eigenvalue weighted by atomic mass is 32.2. The molecule has 1 aromatic carbocycles. The number of nitrogens with one attached hydrogen (secondary N) is 3. The zero-order valence-electron chi connectivity index (χ0n) is 17.5. The van der Waals surface area contributed by atoms with E-state index in [0.717, 1.165) is 11.8 Å². The van der Waals surface area contributed by atoms with Gasteiger partial charge in [-0.1, -0.05) is 12.1 Å². The fourth-order valence-corrected chi connectivity index (χ4v) is 5.17. The van der Waals surface area contributed by atoms with Crippen molar-refractivity contribution in [3.8, 4) is 11.6 Å². The lowest BCUT2D eigenvalue weighted by molar-refractivity contribution is -0.133. The van der Waals surface area contributed by atoms with Crippen LogP contribution in [0.15, 0.2) is 61.1 Å². The maximum atomic E-state index is 12.6. The molecule has 5 rings (SSSR count). The minimum atomic E-state index is -4.87. The molecule has 1 spiro atoms. The van der Waals surface area contributed by atoms with E-state index in [9.17, 15) is 27.6 Å². The molecular weight excluding hydrogens is 482 g/mol. The fourth-order valence-electron chi connectivity index (χ4n) is 3.68. The predicted molar refractivity (Wildman–Crippen MR) is 116 cm³/mol. The number of anilines is 1. The molecule has 3 aromatic rings. The highest BCUT2D eigenvalue weighted by molar-refractivity contribution is 7.94. The largest absolute Gasteiger partial charge is 0.439 e. The van der Waals surface area contributed by atoms with Crippen molar-refractivity contribution < 1.29 is 32.3 Å². The van der Waals surface area contributed by atoms with Crippen LogP contribution in [-0.4, -0.2) is 51.9 Å². The van der Waals surface area contributed by atoms with E-state index in [1.165, 1.54) is 12.1 Å². The molecule has 2 aliphatic heterocycles. The van der Waals surface area contributed by atoms with Gasteiger partial charge in [0.15, 0.2) is 0 Å². The Morgan fingerprint density at radius 3 is 2.29 bits per heavy atom. The number of ether oxygens (including phenoxy) is 1. The van der Waals surface area contributed by atoms with Crippen LogP contribution in [0, 0.1) is 0 Å². The van der Waals surface area contributed by atoms with E-state index >= 15 is 0 Å². The summed E-state index contributed by atoms with van der Waals surface area (Å²) >= 11 is 0. The number of amides is 6. The van der Waals surface area contributed by atoms with Gasteiger partial charge in [-0.25, -0.2) is 27.7 Å². The molecule has 14 nitrogen and oxygen atoms in total. The number of hydrogen-bond acceptors (Lipinski definition) is 9. The first-order chi connectivity index (χ1) is 16.7. The molecule has 0 saturated carbocycles. The van der Waals surface area contributed by atoms with Crippen molar-refractivity contribution in [2.45, 2.75) is 11.4 Å². The van der Waals surface area contributed by atoms with Crippen molar-refractivity contribution >= 4 is 39.6 Å². The summed E-state index contributed by atoms with van der Waals surface area (Å²) in [5.74, 6) is -2.45. The van der Waals surface area contributed by atoms with Gasteiger partial charge in [0.1, 0.15) is 5.75 Å². The SMILES string of the molecule is O=C1NC(=O)C2(C(=O)N1)N(c1ccc(Oc3ccc(Cn4cccn4)cc3)nc1)C(=O)NS2(=O)=O. The molecule has 0 radical (unpaired) electrons. The van der Waals surface area contributed by atoms with E-state index in [0.29, 0.717) is 17.2 Å². The molecule has 0 aliphatic carbocycles. The summed E-state index contributed by atoms with van der Waals surface area (Å²) in [5.41, 5.74) is 0.781. The number of hydrogen-bond donors (Lipinski definition) is 3. The van der Waals surface area contributed by atoms with E-state index in [1.54, 1.807) is 38.4 Å². The van der Waals surface area contributed by atoms with Crippen molar-refractivity contribution in [2.24, 2.45) is 0 Å². The molecule has 15 heteroatoms. The van der Waals surface area contributed by atoms with Gasteiger partial charge in [-0.2, -0.15) is 5.10 Å². The Labute approximate surface area is 196 Å². The van der Waals surface area contributed by atoms with Gasteiger partial charge < -0.3 is 4.74 Å². The Balaban J connectivity index is 1.39. The van der Waals surface area contributed by atoms with Gasteiger partial charge in [0, 0.05) is 18.5 Å². The standard InChI is InChI=1S/C20H15N7O7S/c28-16-20(17(29)24-18(30)23-16)27(19(31)25-35(20,32)33)13-4-7-15(21-10-13)34-14-5-2-12(3-6-14)11-26-9-1-8-22-26/h1-10H,11H2,(H,25,31)(H2,23,24,28,29,30). The second kappa shape index (κ2) is 7.91. The third kappa shape index (κ3) is 3.54. The zero-order valence-corrected chi connectivity index (χ0v) is 18.4. The van der Waals surface area contributed by atoms with Crippen molar-refractivity contribution in [1.29, 1.82) is 0 Å². The van der Waals surface area contributed by atoms with Gasteiger partial charge in [-0.05, 0) is 29.8 Å². The summed E-state index contributed by atoms with van der Waals surface area (Å²) in [6.45, 7) is 0.579. The first-order valence-corrected chi connectivity index (χ1v) is 11.4. The minimum absolute atomic E-state index is 0.0952. The Bertz CT molecular complexity index is 1430. The second-order valence-corrected chi connectivity index (χ2v) is 9.23. The molecule has 4 heterocycles. The molecular formula is C20H15N7O7S. The van der Waals surface area contributed by atoms with Gasteiger partial charge in [0.25, 0.3) is 21.8 Å². The number of imide groups is 2. The molecule has 3 N–H and O–H groups in total. The van der Waals surface area contributed by atoms with Crippen LogP contribution in [-0.2, 0) is 26.2 Å². The highest BCUT2D eigenvalue weighted by Crippen LogP contribution is 2.36. The Morgan fingerprint density at radius 1 is 0.971 bits per heavy atom. The van der Waals surface area contributed by atoms with Crippen LogP contribution in [0.3, 0.4) is 0 Å². The number of pyridine rings is 1. The first kappa shape index (κ1) is 22.0. The third-order valence-corrected chi connectivity index (χ3v) is 7.00. The smallest absolute Gasteiger partial charge is 0.337 e. The number of urea groups is 2. The predicted octanol–water partition coefficient (Wildman–Crippen LogP) is 0.0404. The van der Waals surface area contributed by atoms with Gasteiger partial charge in [0.05, 0.1) is 18.4 Å². The first-order valence-electron chi connectivity index (χ1n) is 9.94. The maximum absolute atomic E-state index is 12.6. The summed E-state index contributed by atoms with van der Waals surface area (Å²) in [6, 6.07) is 9.03. The van der Waals surface area contributed by atoms with Crippen LogP contribution in [0.25, 0.3) is 0 Å². The number of barbiturate groups is 1. The number of carbonyl (C=O) groups excluding carboxylic acids is 4. The lowest BCUT2D eigenvalue weighted by atomic mass is 10.1. The molecule has 0 bridgehead atoms. The van der Waals surface area contributed by atoms with Crippen molar-refractivity contribution in [3.63, 3.8) is 0 Å². The van der Waals surface area contributed by atoms with Crippen LogP contribution >= 0.6 is 0 Å². The molecule has 178 valence electrons.